The first-order valence-corrected chi connectivity index (χ1v) is 12.8. The van der Waals surface area contributed by atoms with Crippen molar-refractivity contribution in [2.24, 2.45) is 0 Å². The molecule has 13 heteroatoms. The molecule has 0 fully saturated rings. The zero-order chi connectivity index (χ0) is 31.2. The fourth-order valence-electron chi connectivity index (χ4n) is 4.24. The van der Waals surface area contributed by atoms with Crippen LogP contribution in [0.2, 0.25) is 0 Å². The third-order valence-corrected chi connectivity index (χ3v) is 6.46. The van der Waals surface area contributed by atoms with Gasteiger partial charge in [-0.2, -0.15) is 26.3 Å². The Morgan fingerprint density at radius 2 is 0.884 bits per heavy atom. The second kappa shape index (κ2) is 14.1. The van der Waals surface area contributed by atoms with Gasteiger partial charge >= 0.3 is 12.4 Å². The molecule has 2 aromatic carbocycles. The summed E-state index contributed by atoms with van der Waals surface area (Å²) < 4.78 is 78.2. The van der Waals surface area contributed by atoms with Crippen molar-refractivity contribution in [1.82, 2.24) is 9.13 Å². The molecule has 0 aliphatic rings. The molecule has 43 heavy (non-hydrogen) atoms. The van der Waals surface area contributed by atoms with Crippen LogP contribution in [0.3, 0.4) is 0 Å². The maximum atomic E-state index is 12.5. The predicted molar refractivity (Wildman–Crippen MR) is 148 cm³/mol. The first kappa shape index (κ1) is 34.7. The highest BCUT2D eigenvalue weighted by Crippen LogP contribution is 2.30. The lowest BCUT2D eigenvalue weighted by atomic mass is 10.1. The maximum absolute atomic E-state index is 12.5. The van der Waals surface area contributed by atoms with Crippen LogP contribution in [0.25, 0.3) is 0 Å². The molecular weight excluding hydrogens is 582 g/mol. The molecule has 4 rings (SSSR count). The summed E-state index contributed by atoms with van der Waals surface area (Å²) in [5, 5.41) is 19.5. The van der Waals surface area contributed by atoms with E-state index in [1.165, 1.54) is 48.8 Å². The topological polar surface area (TPSA) is 116 Å². The third kappa shape index (κ3) is 8.74. The second-order valence-electron chi connectivity index (χ2n) is 9.30. The van der Waals surface area contributed by atoms with Gasteiger partial charge in [-0.3, -0.25) is 9.59 Å². The lowest BCUT2D eigenvalue weighted by molar-refractivity contribution is -0.138. The van der Waals surface area contributed by atoms with Crippen molar-refractivity contribution in [3.8, 4) is 11.5 Å². The Hall–Kier alpha value is -4.52. The second-order valence-corrected chi connectivity index (χ2v) is 9.30. The van der Waals surface area contributed by atoms with Crippen LogP contribution in [0, 0.1) is 0 Å². The van der Waals surface area contributed by atoms with Gasteiger partial charge in [0, 0.05) is 37.6 Å². The van der Waals surface area contributed by atoms with Gasteiger partial charge < -0.3 is 24.8 Å². The summed E-state index contributed by atoms with van der Waals surface area (Å²) in [7, 11) is 0. The van der Waals surface area contributed by atoms with Gasteiger partial charge in [0.1, 0.15) is 0 Å². The molecule has 0 unspecified atom stereocenters. The van der Waals surface area contributed by atoms with Gasteiger partial charge in [0.2, 0.25) is 10.9 Å². The van der Waals surface area contributed by atoms with Crippen LogP contribution in [0.15, 0.2) is 82.6 Å². The monoisotopic (exact) mass is 612 g/mol. The third-order valence-electron chi connectivity index (χ3n) is 6.46. The van der Waals surface area contributed by atoms with E-state index in [9.17, 15) is 46.1 Å². The van der Waals surface area contributed by atoms with Crippen LogP contribution in [-0.2, 0) is 38.3 Å². The molecule has 0 aliphatic heterocycles. The van der Waals surface area contributed by atoms with Crippen molar-refractivity contribution in [2.45, 2.75) is 52.1 Å². The van der Waals surface area contributed by atoms with Gasteiger partial charge in [-0.15, -0.1) is 0 Å². The zero-order valence-electron chi connectivity index (χ0n) is 23.1. The van der Waals surface area contributed by atoms with Crippen LogP contribution in [-0.4, -0.2) is 24.8 Å². The number of hydrogen-bond acceptors (Lipinski definition) is 4. The molecule has 0 saturated carbocycles. The number of aromatic nitrogens is 2. The van der Waals surface area contributed by atoms with Crippen molar-refractivity contribution in [3.63, 3.8) is 0 Å². The molecule has 0 radical (unpaired) electrons. The van der Waals surface area contributed by atoms with Crippen LogP contribution in [0.4, 0.5) is 26.3 Å². The van der Waals surface area contributed by atoms with Crippen LogP contribution in [0.1, 0.15) is 47.5 Å². The van der Waals surface area contributed by atoms with E-state index in [0.717, 1.165) is 24.3 Å². The summed E-state index contributed by atoms with van der Waals surface area (Å²) in [5.41, 5.74) is -0.105. The lowest BCUT2D eigenvalue weighted by Gasteiger charge is -2.14. The van der Waals surface area contributed by atoms with Gasteiger partial charge in [-0.25, -0.2) is 0 Å². The van der Waals surface area contributed by atoms with Gasteiger partial charge in [-0.1, -0.05) is 38.1 Å². The van der Waals surface area contributed by atoms with Crippen molar-refractivity contribution < 1.29 is 42.0 Å². The molecule has 2 heterocycles. The maximum Gasteiger partial charge on any atom is 0.416 e. The highest BCUT2D eigenvalue weighted by Gasteiger charge is 2.30. The summed E-state index contributed by atoms with van der Waals surface area (Å²) in [6.07, 6.45) is -4.77. The van der Waals surface area contributed by atoms with Gasteiger partial charge in [0.15, 0.2) is 11.5 Å². The highest BCUT2D eigenvalue weighted by molar-refractivity contribution is 5.31. The number of aromatic hydroxyl groups is 2. The summed E-state index contributed by atoms with van der Waals surface area (Å²) in [6, 6.07) is 12.1. The van der Waals surface area contributed by atoms with E-state index in [2.05, 4.69) is 0 Å². The van der Waals surface area contributed by atoms with Gasteiger partial charge in [0.05, 0.1) is 22.5 Å². The molecule has 4 aromatic rings. The number of pyridine rings is 2. The van der Waals surface area contributed by atoms with E-state index >= 15 is 0 Å². The Morgan fingerprint density at radius 3 is 1.14 bits per heavy atom. The van der Waals surface area contributed by atoms with E-state index in [1.807, 2.05) is 0 Å². The number of halogens is 6. The normalized spacial score (nSPS) is 11.3. The molecule has 0 amide bonds. The molecule has 0 atom stereocenters. The first-order chi connectivity index (χ1) is 19.6. The van der Waals surface area contributed by atoms with E-state index in [-0.39, 0.29) is 30.1 Å². The average molecular weight is 613 g/mol. The molecule has 0 bridgehead atoms. The number of alkyl halides is 6. The Labute approximate surface area is 242 Å². The minimum Gasteiger partial charge on any atom is -0.503 e. The van der Waals surface area contributed by atoms with E-state index in [4.69, 9.17) is 0 Å². The number of benzene rings is 2. The Kier molecular flexibility index (Phi) is 11.4. The smallest absolute Gasteiger partial charge is 0.416 e. The molecule has 232 valence electrons. The molecule has 0 aliphatic carbocycles. The molecule has 4 N–H and O–H groups in total. The standard InChI is InChI=1S/2C15H14F3NO2.H2O/c2*1-2-12-14(21)13(20)7-8-19(12)9-10-3-5-11(6-4-10)15(16,17)18;/h2*3-8,21H,2,9H2,1H3;1H2. The van der Waals surface area contributed by atoms with E-state index < -0.39 is 34.3 Å². The first-order valence-electron chi connectivity index (χ1n) is 12.8. The van der Waals surface area contributed by atoms with Crippen molar-refractivity contribution in [1.29, 1.82) is 0 Å². The van der Waals surface area contributed by atoms with Crippen molar-refractivity contribution in [3.05, 3.63) is 127 Å². The number of hydrogen-bond donors (Lipinski definition) is 2. The predicted octanol–water partition coefficient (Wildman–Crippen LogP) is 5.54. The van der Waals surface area contributed by atoms with Crippen LogP contribution in [0.5, 0.6) is 11.5 Å². The van der Waals surface area contributed by atoms with Crippen molar-refractivity contribution >= 4 is 0 Å². The highest BCUT2D eigenvalue weighted by atomic mass is 19.4. The number of nitrogens with zero attached hydrogens (tertiary/aromatic N) is 2. The Balaban J connectivity index is 0.000000293. The molecular formula is C30H30F6N2O5. The van der Waals surface area contributed by atoms with E-state index in [1.54, 1.807) is 23.0 Å². The zero-order valence-corrected chi connectivity index (χ0v) is 23.1. The summed E-state index contributed by atoms with van der Waals surface area (Å²) in [4.78, 5) is 22.7. The minimum atomic E-state index is -4.36. The quantitative estimate of drug-likeness (QED) is 0.278. The van der Waals surface area contributed by atoms with Crippen LogP contribution >= 0.6 is 0 Å². The fraction of sp³-hybridized carbons (Fsp3) is 0.267. The molecule has 0 saturated heterocycles. The van der Waals surface area contributed by atoms with Crippen LogP contribution < -0.4 is 10.9 Å². The summed E-state index contributed by atoms with van der Waals surface area (Å²) >= 11 is 0. The van der Waals surface area contributed by atoms with Gasteiger partial charge in [0.25, 0.3) is 0 Å². The molecule has 2 aromatic heterocycles. The minimum absolute atomic E-state index is 0. The summed E-state index contributed by atoms with van der Waals surface area (Å²) in [6.45, 7) is 4.15. The van der Waals surface area contributed by atoms with E-state index in [0.29, 0.717) is 35.4 Å². The lowest BCUT2D eigenvalue weighted by Crippen LogP contribution is -2.13. The Bertz CT molecular complexity index is 1500. The number of rotatable bonds is 6. The SMILES string of the molecule is CCc1c(O)c(=O)ccn1Cc1ccc(C(F)(F)F)cc1.CCc1c(O)c(=O)ccn1Cc1ccc(C(F)(F)F)cc1.O. The van der Waals surface area contributed by atoms with Gasteiger partial charge in [-0.05, 0) is 48.2 Å². The molecule has 0 spiro atoms. The van der Waals surface area contributed by atoms with Crippen molar-refractivity contribution in [2.75, 3.05) is 0 Å². The molecule has 7 nitrogen and oxygen atoms in total. The summed E-state index contributed by atoms with van der Waals surface area (Å²) in [5.74, 6) is -0.626. The Morgan fingerprint density at radius 1 is 0.581 bits per heavy atom. The fourth-order valence-corrected chi connectivity index (χ4v) is 4.24. The largest absolute Gasteiger partial charge is 0.503 e. The average Bonchev–Trinajstić information content (AvgIpc) is 2.93.